The largest absolute Gasteiger partial charge is 0.481 e. The van der Waals surface area contributed by atoms with Crippen molar-refractivity contribution in [3.63, 3.8) is 0 Å². The van der Waals surface area contributed by atoms with Crippen LogP contribution in [0.5, 0.6) is 0 Å². The van der Waals surface area contributed by atoms with E-state index in [1.807, 2.05) is 53.3 Å². The lowest BCUT2D eigenvalue weighted by Crippen LogP contribution is -2.43. The van der Waals surface area contributed by atoms with Gasteiger partial charge in [0.1, 0.15) is 11.6 Å². The number of carbonyl (C=O) groups is 1. The van der Waals surface area contributed by atoms with Gasteiger partial charge in [-0.15, -0.1) is 0 Å². The van der Waals surface area contributed by atoms with E-state index in [1.165, 1.54) is 0 Å². The van der Waals surface area contributed by atoms with Crippen LogP contribution < -0.4 is 0 Å². The maximum Gasteiger partial charge on any atom is 0.313 e. The number of hydrogen-bond acceptors (Lipinski definition) is 3. The van der Waals surface area contributed by atoms with Crippen molar-refractivity contribution < 1.29 is 14.7 Å². The van der Waals surface area contributed by atoms with Crippen LogP contribution in [0.2, 0.25) is 0 Å². The van der Waals surface area contributed by atoms with Gasteiger partial charge in [-0.2, -0.15) is 0 Å². The molecule has 1 N–H and O–H groups in total. The van der Waals surface area contributed by atoms with E-state index in [0.29, 0.717) is 23.4 Å². The van der Waals surface area contributed by atoms with Gasteiger partial charge in [0.2, 0.25) is 0 Å². The van der Waals surface area contributed by atoms with Crippen molar-refractivity contribution >= 4 is 17.6 Å². The van der Waals surface area contributed by atoms with Crippen LogP contribution >= 0.6 is 0 Å². The second kappa shape index (κ2) is 5.11. The molecule has 2 unspecified atom stereocenters. The van der Waals surface area contributed by atoms with Crippen LogP contribution in [-0.4, -0.2) is 28.5 Å². The zero-order chi connectivity index (χ0) is 16.0. The molecule has 0 aromatic heterocycles. The smallest absolute Gasteiger partial charge is 0.313 e. The average Bonchev–Trinajstić information content (AvgIpc) is 2.59. The number of rotatable bonds is 1. The SMILES string of the molecule is O=C=C1c2ccccc2C(C(=O)O)C2c3ccccc3CCN12. The fraction of sp³-hybridized carbons (Fsp3) is 0.211. The summed E-state index contributed by atoms with van der Waals surface area (Å²) in [5.74, 6) is 0.493. The summed E-state index contributed by atoms with van der Waals surface area (Å²) in [5.41, 5.74) is 4.00. The third-order valence-corrected chi connectivity index (χ3v) is 4.85. The highest BCUT2D eigenvalue weighted by molar-refractivity contribution is 5.93. The monoisotopic (exact) mass is 305 g/mol. The number of carboxylic acid groups (broad SMARTS) is 1. The Kier molecular flexibility index (Phi) is 3.07. The summed E-state index contributed by atoms with van der Waals surface area (Å²) in [6.07, 6.45) is 0.798. The van der Waals surface area contributed by atoms with Gasteiger partial charge in [-0.3, -0.25) is 4.79 Å². The first kappa shape index (κ1) is 13.8. The Labute approximate surface area is 133 Å². The second-order valence-corrected chi connectivity index (χ2v) is 5.94. The minimum atomic E-state index is -0.867. The summed E-state index contributed by atoms with van der Waals surface area (Å²) in [4.78, 5) is 25.6. The number of carboxylic acids is 1. The summed E-state index contributed by atoms with van der Waals surface area (Å²) in [6.45, 7) is 0.629. The highest BCUT2D eigenvalue weighted by Gasteiger charge is 2.45. The standard InChI is InChI=1S/C19H15NO3/c21-11-16-14-7-3-4-8-15(14)17(19(22)23)18-13-6-2-1-5-12(13)9-10-20(16)18/h1-8,17-18H,9-10H2,(H,22,23). The molecule has 4 rings (SSSR count). The maximum atomic E-state index is 12.0. The Morgan fingerprint density at radius 3 is 2.52 bits per heavy atom. The van der Waals surface area contributed by atoms with Gasteiger partial charge in [0.25, 0.3) is 0 Å². The lowest BCUT2D eigenvalue weighted by molar-refractivity contribution is -0.140. The summed E-state index contributed by atoms with van der Waals surface area (Å²) >= 11 is 0. The highest BCUT2D eigenvalue weighted by atomic mass is 16.4. The molecule has 2 aromatic rings. The minimum absolute atomic E-state index is 0.358. The summed E-state index contributed by atoms with van der Waals surface area (Å²) in [7, 11) is 0. The molecule has 2 aromatic carbocycles. The van der Waals surface area contributed by atoms with Crippen molar-refractivity contribution in [1.82, 2.24) is 4.90 Å². The van der Waals surface area contributed by atoms with Gasteiger partial charge in [0.05, 0.1) is 6.04 Å². The number of hydrogen-bond donors (Lipinski definition) is 1. The zero-order valence-electron chi connectivity index (χ0n) is 12.4. The van der Waals surface area contributed by atoms with E-state index in [-0.39, 0.29) is 6.04 Å². The predicted octanol–water partition coefficient (Wildman–Crippen LogP) is 2.64. The highest BCUT2D eigenvalue weighted by Crippen LogP contribution is 2.49. The molecule has 0 radical (unpaired) electrons. The molecule has 2 aliphatic heterocycles. The van der Waals surface area contributed by atoms with Crippen molar-refractivity contribution in [3.05, 3.63) is 70.8 Å². The van der Waals surface area contributed by atoms with E-state index < -0.39 is 11.9 Å². The first-order chi connectivity index (χ1) is 11.2. The molecule has 4 nitrogen and oxygen atoms in total. The van der Waals surface area contributed by atoms with Crippen molar-refractivity contribution in [2.45, 2.75) is 18.4 Å². The molecule has 4 heteroatoms. The maximum absolute atomic E-state index is 12.0. The van der Waals surface area contributed by atoms with Gasteiger partial charge in [-0.1, -0.05) is 48.5 Å². The number of aliphatic carboxylic acids is 1. The predicted molar refractivity (Wildman–Crippen MR) is 85.5 cm³/mol. The molecule has 114 valence electrons. The van der Waals surface area contributed by atoms with Crippen molar-refractivity contribution in [3.8, 4) is 0 Å². The van der Waals surface area contributed by atoms with E-state index in [4.69, 9.17) is 0 Å². The van der Waals surface area contributed by atoms with Crippen LogP contribution in [0.15, 0.2) is 48.5 Å². The molecule has 0 fully saturated rings. The molecule has 2 aliphatic rings. The van der Waals surface area contributed by atoms with Gasteiger partial charge >= 0.3 is 5.97 Å². The van der Waals surface area contributed by atoms with Gasteiger partial charge in [-0.25, -0.2) is 4.79 Å². The number of carbonyl (C=O) groups excluding carboxylic acids is 1. The lowest BCUT2D eigenvalue weighted by atomic mass is 9.75. The molecule has 0 spiro atoms. The van der Waals surface area contributed by atoms with Gasteiger partial charge < -0.3 is 10.0 Å². The first-order valence-electron chi connectivity index (χ1n) is 7.64. The zero-order valence-corrected chi connectivity index (χ0v) is 12.4. The average molecular weight is 305 g/mol. The van der Waals surface area contributed by atoms with Gasteiger partial charge in [0, 0.05) is 12.1 Å². The van der Waals surface area contributed by atoms with Crippen LogP contribution in [0.4, 0.5) is 0 Å². The van der Waals surface area contributed by atoms with E-state index in [1.54, 1.807) is 6.07 Å². The van der Waals surface area contributed by atoms with Crippen LogP contribution in [-0.2, 0) is 16.0 Å². The van der Waals surface area contributed by atoms with Crippen LogP contribution in [0, 0.1) is 0 Å². The summed E-state index contributed by atoms with van der Waals surface area (Å²) in [5, 5.41) is 9.87. The lowest BCUT2D eigenvalue weighted by Gasteiger charge is -2.45. The Morgan fingerprint density at radius 2 is 1.78 bits per heavy atom. The van der Waals surface area contributed by atoms with E-state index in [0.717, 1.165) is 17.5 Å². The molecular formula is C19H15NO3. The molecule has 0 bridgehead atoms. The Hall–Kier alpha value is -2.84. The second-order valence-electron chi connectivity index (χ2n) is 5.94. The molecule has 0 saturated carbocycles. The molecule has 2 heterocycles. The van der Waals surface area contributed by atoms with Crippen molar-refractivity contribution in [2.75, 3.05) is 6.54 Å². The molecular weight excluding hydrogens is 290 g/mol. The molecule has 0 aliphatic carbocycles. The fourth-order valence-corrected chi connectivity index (χ4v) is 3.90. The number of nitrogens with zero attached hydrogens (tertiary/aromatic N) is 1. The normalized spacial score (nSPS) is 21.7. The fourth-order valence-electron chi connectivity index (χ4n) is 3.90. The Morgan fingerprint density at radius 1 is 1.09 bits per heavy atom. The Balaban J connectivity index is 2.01. The third kappa shape index (κ3) is 1.92. The molecule has 23 heavy (non-hydrogen) atoms. The van der Waals surface area contributed by atoms with Gasteiger partial charge in [-0.05, 0) is 23.1 Å². The molecule has 0 amide bonds. The molecule has 2 atom stereocenters. The molecule has 0 saturated heterocycles. The Bertz CT molecular complexity index is 851. The number of fused-ring (bicyclic) bond motifs is 4. The van der Waals surface area contributed by atoms with E-state index in [2.05, 4.69) is 0 Å². The minimum Gasteiger partial charge on any atom is -0.481 e. The summed E-state index contributed by atoms with van der Waals surface area (Å²) in [6, 6.07) is 14.8. The van der Waals surface area contributed by atoms with Gasteiger partial charge in [0.15, 0.2) is 5.94 Å². The van der Waals surface area contributed by atoms with E-state index >= 15 is 0 Å². The van der Waals surface area contributed by atoms with Crippen molar-refractivity contribution in [1.29, 1.82) is 0 Å². The van der Waals surface area contributed by atoms with Crippen LogP contribution in [0.3, 0.4) is 0 Å². The third-order valence-electron chi connectivity index (χ3n) is 4.85. The summed E-state index contributed by atoms with van der Waals surface area (Å²) < 4.78 is 0. The quantitative estimate of drug-likeness (QED) is 0.823. The van der Waals surface area contributed by atoms with Crippen molar-refractivity contribution in [2.24, 2.45) is 0 Å². The topological polar surface area (TPSA) is 57.6 Å². The van der Waals surface area contributed by atoms with Crippen LogP contribution in [0.25, 0.3) is 5.70 Å². The first-order valence-corrected chi connectivity index (χ1v) is 7.64. The van der Waals surface area contributed by atoms with E-state index in [9.17, 15) is 14.7 Å². The number of benzene rings is 2. The van der Waals surface area contributed by atoms with Crippen LogP contribution in [0.1, 0.15) is 34.2 Å².